The molecule has 10 aliphatic carbocycles. The number of fused-ring (bicyclic) bond motifs is 18. The smallest absolute Gasteiger partial charge is 0.273 e. The summed E-state index contributed by atoms with van der Waals surface area (Å²) in [7, 11) is 1.97. The zero-order chi connectivity index (χ0) is 101. The summed E-state index contributed by atoms with van der Waals surface area (Å²) in [4.78, 5) is 157. The second kappa shape index (κ2) is 37.1. The molecule has 11 heterocycles. The number of carbonyl (C=O) groups excluding carboxylic acids is 9. The first-order valence-electron chi connectivity index (χ1n) is 54.6. The molecule has 8 aliphatic heterocycles. The van der Waals surface area contributed by atoms with Crippen LogP contribution < -0.4 is 5.32 Å². The van der Waals surface area contributed by atoms with Gasteiger partial charge in [-0.15, -0.1) is 19.3 Å². The number of piperazine rings is 3. The Morgan fingerprint density at radius 3 is 1.10 bits per heavy atom. The third-order valence-electron chi connectivity index (χ3n) is 41.9. The van der Waals surface area contributed by atoms with E-state index >= 15 is 0 Å². The van der Waals surface area contributed by atoms with Crippen molar-refractivity contribution in [3.05, 3.63) is 162 Å². The van der Waals surface area contributed by atoms with E-state index in [-0.39, 0.29) is 97.6 Å². The van der Waals surface area contributed by atoms with Crippen LogP contribution in [0.25, 0.3) is 32.7 Å². The van der Waals surface area contributed by atoms with Gasteiger partial charge in [0.25, 0.3) is 29.5 Å². The molecule has 15 fully saturated rings. The topological polar surface area (TPSA) is 297 Å². The average molecular weight is 1960 g/mol. The molecule has 0 unspecified atom stereocenters. The molecule has 8 amide bonds. The third kappa shape index (κ3) is 15.9. The largest absolute Gasteiger partial charge is 0.377 e. The molecule has 6 saturated heterocycles. The van der Waals surface area contributed by atoms with Gasteiger partial charge in [0.2, 0.25) is 17.7 Å². The molecule has 26 nitrogen and oxygen atoms in total. The molecule has 0 radical (unpaired) electrons. The SMILES string of the molecule is C#C[C@]1(O)CC[C@H]2[C@@H]3CC[C@H]4CC(=O)C(N5CCN(C(=O)[C@@H]6CCCN6C(=O)c6ccc7ccccc7n6)CC5)=C[C@]4(C)[C@H]3CC[C@@]21C.C#C[C@]1(O)CC[C@H]2[C@@H]3CC[C@H]4N(C)C(=O)C(N5CCN(C(=O)[C@@H]6CCCN6C(=O)c6ccc7ccccc7n6)CC5)=C[C@]4(C)[C@H]3CC[C@@]21C.C#C[C@]1(O)CC[C@H]2[C@@H]3CC[C@H]4NC(=O)C(N5CCN(C(=O)[C@@H]6CCCN6C(=O)c6ccc7ccccc7n6)CC5)=C[C@]4(C)[C@H]3CC[C@@]21C. The molecule has 18 aliphatic rings. The zero-order valence-corrected chi connectivity index (χ0v) is 85.6. The van der Waals surface area contributed by atoms with Gasteiger partial charge in [-0.05, 0) is 267 Å². The lowest BCUT2D eigenvalue weighted by Crippen LogP contribution is -2.63. The Kier molecular flexibility index (Phi) is 25.1. The molecule has 4 N–H and O–H groups in total. The molecule has 9 saturated carbocycles. The summed E-state index contributed by atoms with van der Waals surface area (Å²) in [5, 5.41) is 40.5. The van der Waals surface area contributed by atoms with Gasteiger partial charge in [0.15, 0.2) is 5.78 Å². The van der Waals surface area contributed by atoms with Crippen LogP contribution in [0, 0.1) is 129 Å². The van der Waals surface area contributed by atoms with Gasteiger partial charge in [0.05, 0.1) is 33.6 Å². The number of pyridine rings is 3. The monoisotopic (exact) mass is 1960 g/mol. The molecule has 3 aromatic heterocycles. The van der Waals surface area contributed by atoms with Crippen molar-refractivity contribution in [2.24, 2.45) is 91.7 Å². The molecule has 3 aromatic carbocycles. The van der Waals surface area contributed by atoms with Gasteiger partial charge < -0.3 is 69.6 Å². The zero-order valence-electron chi connectivity index (χ0n) is 85.6. The van der Waals surface area contributed by atoms with Crippen molar-refractivity contribution in [2.45, 2.75) is 249 Å². The molecule has 24 atom stereocenters. The molecule has 0 bridgehead atoms. The van der Waals surface area contributed by atoms with E-state index in [4.69, 9.17) is 19.3 Å². The molecule has 6 aromatic rings. The Labute approximate surface area is 853 Å². The highest BCUT2D eigenvalue weighted by atomic mass is 16.3. The number of benzene rings is 3. The van der Waals surface area contributed by atoms with E-state index in [1.807, 2.05) is 118 Å². The van der Waals surface area contributed by atoms with Crippen molar-refractivity contribution < 1.29 is 58.5 Å². The molecule has 24 rings (SSSR count). The maximum atomic E-state index is 13.9. The summed E-state index contributed by atoms with van der Waals surface area (Å²) >= 11 is 0. The lowest BCUT2D eigenvalue weighted by Gasteiger charge is -2.61. The summed E-state index contributed by atoms with van der Waals surface area (Å²) in [6, 6.07) is 33.0. The van der Waals surface area contributed by atoms with Gasteiger partial charge in [-0.25, -0.2) is 15.0 Å². The fraction of sp³-hybridized carbons (Fsp3) is 0.597. The standard InChI is InChI=1S/C40H49N5O4.C40H48N4O4.C39H47N5O4/c1-5-40(49)19-17-29-27-13-15-34-38(2,28(27)16-18-39(29,40)3)25-33(36(47)42(34)4)43-21-23-44(24-22-43)37(48)32-11-8-20-45(32)35(46)31-14-12-26-9-6-7-10-30(26)41-31;1-4-40(48)18-16-30-28-13-12-27-24-35(45)34(25-38(27,2)29(28)15-17-39(30,40)3)42-20-22-43(23-21-42)37(47)33-10-7-19-44(33)36(46)32-14-11-26-8-5-6-9-31(26)41-32;1-4-39(48)18-16-28-26-12-14-33-37(2,27(26)15-17-38(28,39)3)24-32(34(45)41-33)42-20-22-43(23-21-42)36(47)31-10-7-19-44(31)35(46)30-13-11-25-8-5-6-9-29(25)40-30/h1,6-7,9-10,12,14,25,27-29,32,34,49H,8,11,13,15-24H2,2-4H3;1,5-6,8-9,11,14,25,27-30,33,48H,7,10,12-13,15-24H2,2-3H3;1,5-6,8-9,11,13,24,26-28,31,33,48H,7,10,12,14-23H2,2-3H3,(H,41,45)/t27-,28+,29+,32+,34-,38-,39+,40+;27-,28+,29-,30-,33-,38-,39-,40-;26-,27+,28+,31+,33-,37-,38+,39+/m101/s1. The summed E-state index contributed by atoms with van der Waals surface area (Å²) in [5.41, 5.74) is 1.47. The second-order valence-corrected chi connectivity index (χ2v) is 47.9. The van der Waals surface area contributed by atoms with E-state index in [2.05, 4.69) is 113 Å². The van der Waals surface area contributed by atoms with Crippen LogP contribution in [-0.2, 0) is 28.8 Å². The van der Waals surface area contributed by atoms with Crippen LogP contribution in [0.5, 0.6) is 0 Å². The minimum Gasteiger partial charge on any atom is -0.377 e. The minimum atomic E-state index is -1.03. The van der Waals surface area contributed by atoms with Crippen LogP contribution in [0.1, 0.15) is 234 Å². The first kappa shape index (κ1) is 98.2. The van der Waals surface area contributed by atoms with Gasteiger partial charge >= 0.3 is 0 Å². The Morgan fingerprint density at radius 1 is 0.366 bits per heavy atom. The number of rotatable bonds is 9. The summed E-state index contributed by atoms with van der Waals surface area (Å²) < 4.78 is 0. The molecule has 0 spiro atoms. The Bertz CT molecular complexity index is 6220. The van der Waals surface area contributed by atoms with Gasteiger partial charge in [-0.1, -0.05) is 138 Å². The number of nitrogens with one attached hydrogen (secondary N) is 1. The number of nitrogens with zero attached hydrogens (tertiary/aromatic N) is 13. The number of aromatic nitrogens is 3. The van der Waals surface area contributed by atoms with Crippen molar-refractivity contribution in [3.8, 4) is 37.0 Å². The van der Waals surface area contributed by atoms with Gasteiger partial charge in [-0.3, -0.25) is 43.2 Å². The molecular weight excluding hydrogens is 1820 g/mol. The number of ketones is 1. The maximum absolute atomic E-state index is 13.9. The normalized spacial score (nSPS) is 37.6. The van der Waals surface area contributed by atoms with Gasteiger partial charge in [-0.2, -0.15) is 0 Å². The molecule has 26 heteroatoms. The highest BCUT2D eigenvalue weighted by Gasteiger charge is 2.69. The average Bonchev–Trinajstić information content (AvgIpc) is 1.33. The van der Waals surface area contributed by atoms with Crippen LogP contribution in [0.2, 0.25) is 0 Å². The number of likely N-dealkylation sites (N-methyl/N-ethyl adjacent to an activating group) is 1. The van der Waals surface area contributed by atoms with Crippen LogP contribution in [-0.4, -0.2) is 285 Å². The summed E-state index contributed by atoms with van der Waals surface area (Å²) in [5.74, 6) is 12.3. The predicted molar refractivity (Wildman–Crippen MR) is 552 cm³/mol. The Hall–Kier alpha value is -11.5. The van der Waals surface area contributed by atoms with Crippen LogP contribution in [0.4, 0.5) is 0 Å². The number of allylic oxidation sites excluding steroid dienone is 2. The number of likely N-dealkylation sites (tertiary alicyclic amines) is 3. The van der Waals surface area contributed by atoms with Gasteiger partial charge in [0.1, 0.15) is 52.0 Å². The van der Waals surface area contributed by atoms with E-state index in [0.29, 0.717) is 219 Å². The van der Waals surface area contributed by atoms with Crippen molar-refractivity contribution in [2.75, 3.05) is 105 Å². The molecule has 145 heavy (non-hydrogen) atoms. The Balaban J connectivity index is 0.000000124. The number of Topliss-reactive ketones (excluding diaryl/α,β-unsaturated/α-hetero) is 1. The number of carbonyl (C=O) groups is 9. The van der Waals surface area contributed by atoms with E-state index in [9.17, 15) is 58.5 Å². The van der Waals surface area contributed by atoms with E-state index in [1.165, 1.54) is 0 Å². The number of para-hydroxylation sites is 3. The fourth-order valence-corrected chi connectivity index (χ4v) is 33.4. The third-order valence-corrected chi connectivity index (χ3v) is 41.9. The first-order chi connectivity index (χ1) is 69.6. The first-order valence-corrected chi connectivity index (χ1v) is 54.6. The van der Waals surface area contributed by atoms with Crippen molar-refractivity contribution in [1.29, 1.82) is 0 Å². The van der Waals surface area contributed by atoms with Crippen LogP contribution in [0.3, 0.4) is 0 Å². The predicted octanol–water partition coefficient (Wildman–Crippen LogP) is 13.4. The number of hydrogen-bond donors (Lipinski definition) is 4. The Morgan fingerprint density at radius 2 is 0.703 bits per heavy atom. The summed E-state index contributed by atoms with van der Waals surface area (Å²) in [6.07, 6.45) is 46.3. The fourth-order valence-electron chi connectivity index (χ4n) is 33.4. The highest BCUT2D eigenvalue weighted by Crippen LogP contribution is 2.71. The minimum absolute atomic E-state index is 0.00105. The van der Waals surface area contributed by atoms with E-state index in [0.717, 1.165) is 165 Å². The number of hydrogen-bond acceptors (Lipinski definition) is 18. The lowest BCUT2D eigenvalue weighted by molar-refractivity contribution is -0.147. The quantitative estimate of drug-likeness (QED) is 0.0978. The van der Waals surface area contributed by atoms with E-state index < -0.39 is 34.9 Å². The number of aliphatic hydroxyl groups is 3. The van der Waals surface area contributed by atoms with Crippen LogP contribution >= 0.6 is 0 Å². The van der Waals surface area contributed by atoms with Crippen molar-refractivity contribution in [3.63, 3.8) is 0 Å². The molecule has 762 valence electrons. The van der Waals surface area contributed by atoms with Crippen molar-refractivity contribution >= 4 is 85.7 Å². The highest BCUT2D eigenvalue weighted by molar-refractivity contribution is 6.02. The van der Waals surface area contributed by atoms with Crippen LogP contribution in [0.15, 0.2) is 145 Å². The number of terminal acetylenes is 3. The van der Waals surface area contributed by atoms with E-state index in [1.54, 1.807) is 32.9 Å². The van der Waals surface area contributed by atoms with Gasteiger partial charge in [0, 0.05) is 167 Å². The second-order valence-electron chi connectivity index (χ2n) is 47.9. The maximum Gasteiger partial charge on any atom is 0.273 e. The number of amides is 8. The summed E-state index contributed by atoms with van der Waals surface area (Å²) in [6.45, 7) is 22.0. The molecular formula is C119H144N14O12. The lowest BCUT2D eigenvalue weighted by atomic mass is 9.45. The van der Waals surface area contributed by atoms with Crippen molar-refractivity contribution in [1.82, 2.24) is 69.3 Å².